The van der Waals surface area contributed by atoms with Gasteiger partial charge in [0.2, 0.25) is 5.95 Å². The van der Waals surface area contributed by atoms with Gasteiger partial charge in [0, 0.05) is 38.1 Å². The van der Waals surface area contributed by atoms with Crippen LogP contribution >= 0.6 is 0 Å². The number of fused-ring (bicyclic) bond motifs is 1. The first-order valence-corrected chi connectivity index (χ1v) is 9.12. The Labute approximate surface area is 132 Å². The summed E-state index contributed by atoms with van der Waals surface area (Å²) >= 11 is 0. The molecular weight excluding hydrogens is 333 g/mol. The minimum Gasteiger partial charge on any atom is -0.334 e. The van der Waals surface area contributed by atoms with Crippen LogP contribution in [0.3, 0.4) is 0 Å². The molecule has 0 saturated carbocycles. The zero-order valence-corrected chi connectivity index (χ0v) is 13.1. The molecule has 6 nitrogen and oxygen atoms in total. The van der Waals surface area contributed by atoms with E-state index in [0.29, 0.717) is 19.0 Å². The molecule has 0 bridgehead atoms. The van der Waals surface area contributed by atoms with Crippen LogP contribution in [-0.2, 0) is 9.84 Å². The number of aromatic nitrogens is 2. The van der Waals surface area contributed by atoms with E-state index in [1.165, 1.54) is 0 Å². The van der Waals surface area contributed by atoms with Crippen molar-refractivity contribution in [2.45, 2.75) is 24.7 Å². The lowest BCUT2D eigenvalue weighted by Crippen LogP contribution is -2.60. The van der Waals surface area contributed by atoms with Gasteiger partial charge in [-0.3, -0.25) is 4.90 Å². The van der Waals surface area contributed by atoms with Gasteiger partial charge in [-0.05, 0) is 6.07 Å². The lowest BCUT2D eigenvalue weighted by molar-refractivity contribution is -0.139. The SMILES string of the molecule is O=S1(=O)C[C@@H]2[C@H](C1)N(CCC(F)(F)F)CCN2c1ncccn1. The molecule has 0 aliphatic carbocycles. The fourth-order valence-electron chi connectivity index (χ4n) is 3.26. The van der Waals surface area contributed by atoms with Crippen molar-refractivity contribution in [3.8, 4) is 0 Å². The summed E-state index contributed by atoms with van der Waals surface area (Å²) in [5.41, 5.74) is 0. The van der Waals surface area contributed by atoms with Gasteiger partial charge in [0.25, 0.3) is 0 Å². The molecule has 2 saturated heterocycles. The monoisotopic (exact) mass is 350 g/mol. The van der Waals surface area contributed by atoms with Gasteiger partial charge in [0.05, 0.1) is 24.0 Å². The standard InChI is InChI=1S/C13H17F3N4O2S/c14-13(15,16)2-5-19-6-7-20(12-17-3-1-4-18-12)11-9-23(21,22)8-10(11)19/h1,3-4,10-11H,2,5-9H2/t10-,11+/m0/s1. The fraction of sp³-hybridized carbons (Fsp3) is 0.692. The van der Waals surface area contributed by atoms with Gasteiger partial charge >= 0.3 is 6.18 Å². The molecule has 23 heavy (non-hydrogen) atoms. The fourth-order valence-corrected chi connectivity index (χ4v) is 5.27. The van der Waals surface area contributed by atoms with Gasteiger partial charge in [0.1, 0.15) is 0 Å². The molecule has 3 heterocycles. The predicted octanol–water partition coefficient (Wildman–Crippen LogP) is 0.717. The second-order valence-electron chi connectivity index (χ2n) is 5.85. The van der Waals surface area contributed by atoms with E-state index in [0.717, 1.165) is 0 Å². The van der Waals surface area contributed by atoms with E-state index < -0.39 is 34.5 Å². The molecule has 2 aliphatic rings. The van der Waals surface area contributed by atoms with E-state index in [4.69, 9.17) is 0 Å². The average molecular weight is 350 g/mol. The second kappa shape index (κ2) is 5.90. The van der Waals surface area contributed by atoms with Crippen LogP contribution in [0.15, 0.2) is 18.5 Å². The van der Waals surface area contributed by atoms with Crippen molar-refractivity contribution >= 4 is 15.8 Å². The Balaban J connectivity index is 1.80. The van der Waals surface area contributed by atoms with Crippen molar-refractivity contribution in [3.05, 3.63) is 18.5 Å². The molecule has 0 N–H and O–H groups in total. The van der Waals surface area contributed by atoms with E-state index in [-0.39, 0.29) is 18.1 Å². The number of alkyl halides is 3. The van der Waals surface area contributed by atoms with E-state index in [2.05, 4.69) is 9.97 Å². The van der Waals surface area contributed by atoms with Gasteiger partial charge in [0.15, 0.2) is 9.84 Å². The summed E-state index contributed by atoms with van der Waals surface area (Å²) < 4.78 is 61.4. The van der Waals surface area contributed by atoms with Crippen molar-refractivity contribution in [2.24, 2.45) is 0 Å². The number of piperazine rings is 1. The Morgan fingerprint density at radius 2 is 1.78 bits per heavy atom. The van der Waals surface area contributed by atoms with Crippen molar-refractivity contribution in [2.75, 3.05) is 36.0 Å². The maximum atomic E-state index is 12.5. The number of rotatable bonds is 3. The normalized spacial score (nSPS) is 27.9. The third kappa shape index (κ3) is 3.74. The van der Waals surface area contributed by atoms with Gasteiger partial charge in [-0.25, -0.2) is 18.4 Å². The molecule has 10 heteroatoms. The highest BCUT2D eigenvalue weighted by atomic mass is 32.2. The van der Waals surface area contributed by atoms with Crippen LogP contribution in [0.4, 0.5) is 19.1 Å². The molecule has 2 atom stereocenters. The second-order valence-corrected chi connectivity index (χ2v) is 8.01. The summed E-state index contributed by atoms with van der Waals surface area (Å²) in [5, 5.41) is 0. The van der Waals surface area contributed by atoms with E-state index in [1.54, 1.807) is 28.3 Å². The van der Waals surface area contributed by atoms with Crippen LogP contribution < -0.4 is 4.90 Å². The van der Waals surface area contributed by atoms with Crippen molar-refractivity contribution < 1.29 is 21.6 Å². The summed E-state index contributed by atoms with van der Waals surface area (Å²) in [4.78, 5) is 11.7. The first-order chi connectivity index (χ1) is 10.8. The predicted molar refractivity (Wildman–Crippen MR) is 77.9 cm³/mol. The van der Waals surface area contributed by atoms with Crippen molar-refractivity contribution in [1.29, 1.82) is 0 Å². The van der Waals surface area contributed by atoms with Crippen LogP contribution in [-0.4, -0.2) is 72.7 Å². The third-order valence-corrected chi connectivity index (χ3v) is 5.98. The molecule has 1 aromatic heterocycles. The van der Waals surface area contributed by atoms with Gasteiger partial charge < -0.3 is 4.90 Å². The summed E-state index contributed by atoms with van der Waals surface area (Å²) in [6.07, 6.45) is -2.04. The molecule has 128 valence electrons. The van der Waals surface area contributed by atoms with Gasteiger partial charge in [-0.1, -0.05) is 0 Å². The Hall–Kier alpha value is -1.42. The number of halogens is 3. The summed E-state index contributed by atoms with van der Waals surface area (Å²) in [6, 6.07) is 0.815. The minimum atomic E-state index is -4.24. The molecular formula is C13H17F3N4O2S. The highest BCUT2D eigenvalue weighted by molar-refractivity contribution is 7.91. The average Bonchev–Trinajstić information content (AvgIpc) is 2.79. The molecule has 1 aromatic rings. The zero-order valence-electron chi connectivity index (χ0n) is 12.3. The van der Waals surface area contributed by atoms with Crippen LogP contribution in [0.5, 0.6) is 0 Å². The largest absolute Gasteiger partial charge is 0.390 e. The molecule has 0 aromatic carbocycles. The minimum absolute atomic E-state index is 0.0710. The van der Waals surface area contributed by atoms with Crippen LogP contribution in [0.1, 0.15) is 6.42 Å². The number of sulfone groups is 1. The highest BCUT2D eigenvalue weighted by Gasteiger charge is 2.47. The van der Waals surface area contributed by atoms with Crippen molar-refractivity contribution in [1.82, 2.24) is 14.9 Å². The molecule has 3 rings (SSSR count). The van der Waals surface area contributed by atoms with Crippen LogP contribution in [0, 0.1) is 0 Å². The molecule has 2 fully saturated rings. The first-order valence-electron chi connectivity index (χ1n) is 7.30. The number of hydrogen-bond acceptors (Lipinski definition) is 6. The molecule has 0 amide bonds. The molecule has 0 spiro atoms. The summed E-state index contributed by atoms with van der Waals surface area (Å²) in [5.74, 6) is 0.243. The first kappa shape index (κ1) is 16.4. The lowest BCUT2D eigenvalue weighted by atomic mass is 10.0. The Kier molecular flexibility index (Phi) is 4.21. The third-order valence-electron chi connectivity index (χ3n) is 4.28. The Morgan fingerprint density at radius 3 is 2.43 bits per heavy atom. The van der Waals surface area contributed by atoms with Gasteiger partial charge in [-0.2, -0.15) is 13.2 Å². The number of hydrogen-bond donors (Lipinski definition) is 0. The molecule has 0 unspecified atom stereocenters. The smallest absolute Gasteiger partial charge is 0.334 e. The number of anilines is 1. The molecule has 2 aliphatic heterocycles. The number of nitrogens with zero attached hydrogens (tertiary/aromatic N) is 4. The maximum absolute atomic E-state index is 12.5. The van der Waals surface area contributed by atoms with E-state index in [1.807, 2.05) is 0 Å². The quantitative estimate of drug-likeness (QED) is 0.800. The van der Waals surface area contributed by atoms with Crippen molar-refractivity contribution in [3.63, 3.8) is 0 Å². The summed E-state index contributed by atoms with van der Waals surface area (Å²) in [7, 11) is -3.28. The topological polar surface area (TPSA) is 66.4 Å². The van der Waals surface area contributed by atoms with E-state index >= 15 is 0 Å². The lowest BCUT2D eigenvalue weighted by Gasteiger charge is -2.43. The van der Waals surface area contributed by atoms with E-state index in [9.17, 15) is 21.6 Å². The van der Waals surface area contributed by atoms with Crippen LogP contribution in [0.2, 0.25) is 0 Å². The summed E-state index contributed by atoms with van der Waals surface area (Å²) in [6.45, 7) is 0.604. The van der Waals surface area contributed by atoms with Gasteiger partial charge in [-0.15, -0.1) is 0 Å². The zero-order chi connectivity index (χ0) is 16.7. The highest BCUT2D eigenvalue weighted by Crippen LogP contribution is 2.30. The maximum Gasteiger partial charge on any atom is 0.390 e. The Bertz CT molecular complexity index is 653. The van der Waals surface area contributed by atoms with Crippen LogP contribution in [0.25, 0.3) is 0 Å². The molecule has 0 radical (unpaired) electrons. The Morgan fingerprint density at radius 1 is 1.13 bits per heavy atom.